The van der Waals surface area contributed by atoms with E-state index in [2.05, 4.69) is 88.8 Å². The van der Waals surface area contributed by atoms with Gasteiger partial charge in [-0.2, -0.15) is 0 Å². The highest BCUT2D eigenvalue weighted by Gasteiger charge is 2.13. The molecular weight excluding hydrogens is 550 g/mol. The van der Waals surface area contributed by atoms with Gasteiger partial charge in [0.1, 0.15) is 0 Å². The zero-order valence-electron chi connectivity index (χ0n) is 24.2. The Morgan fingerprint density at radius 1 is 0.698 bits per heavy atom. The Morgan fingerprint density at radius 2 is 1.21 bits per heavy atom. The van der Waals surface area contributed by atoms with Crippen molar-refractivity contribution in [2.45, 2.75) is 20.8 Å². The van der Waals surface area contributed by atoms with Gasteiger partial charge < -0.3 is 30.2 Å². The fourth-order valence-electron chi connectivity index (χ4n) is 4.08. The van der Waals surface area contributed by atoms with Crippen molar-refractivity contribution in [1.29, 1.82) is 0 Å². The van der Waals surface area contributed by atoms with Gasteiger partial charge in [0.2, 0.25) is 0 Å². The van der Waals surface area contributed by atoms with Gasteiger partial charge in [0.15, 0.2) is 0 Å². The van der Waals surface area contributed by atoms with Gasteiger partial charge >= 0.3 is 0 Å². The first-order chi connectivity index (χ1) is 20.4. The zero-order valence-corrected chi connectivity index (χ0v) is 24.2. The van der Waals surface area contributed by atoms with Crippen molar-refractivity contribution >= 4 is 69.9 Å². The monoisotopic (exact) mass is 583 g/mol. The van der Waals surface area contributed by atoms with E-state index in [4.69, 9.17) is 39.7 Å². The van der Waals surface area contributed by atoms with Gasteiger partial charge in [-0.05, 0) is 84.6 Å². The molecule has 0 fully saturated rings. The minimum Gasteiger partial charge on any atom is -0.481 e. The van der Waals surface area contributed by atoms with Gasteiger partial charge in [-0.1, -0.05) is 6.08 Å². The van der Waals surface area contributed by atoms with E-state index in [1.54, 1.807) is 0 Å². The Kier molecular flexibility index (Phi) is 10.9. The number of fused-ring (bicyclic) bond motifs is 8. The van der Waals surface area contributed by atoms with Crippen molar-refractivity contribution in [3.05, 3.63) is 89.2 Å². The number of carboxylic acid groups (broad SMARTS) is 3. The Balaban J connectivity index is 0.000000363. The standard InChI is InChI=1S/C26H21N5.3C2H4O2/c1-31-12-10-17(11-13-31)26-24-8-6-22(29-24)15-20-4-2-18(27-20)14-19-3-5-21(28-19)16-23-7-9-25(26)30-23;3*1-2(3)4/h2-12,14-16,27,29H,13H2,1H3;3*1H3,(H,3,4). The first kappa shape index (κ1) is 31.8. The number of nitrogens with one attached hydrogen (secondary N) is 2. The number of aromatic amines is 2. The van der Waals surface area contributed by atoms with E-state index in [1.165, 1.54) is 5.57 Å². The minimum absolute atomic E-state index is 0.833. The zero-order chi connectivity index (χ0) is 31.5. The highest BCUT2D eigenvalue weighted by molar-refractivity contribution is 5.91. The van der Waals surface area contributed by atoms with Crippen molar-refractivity contribution < 1.29 is 29.7 Å². The second kappa shape index (κ2) is 14.8. The van der Waals surface area contributed by atoms with Crippen LogP contribution in [0.15, 0.2) is 60.8 Å². The third kappa shape index (κ3) is 10.3. The Morgan fingerprint density at radius 3 is 1.81 bits per heavy atom. The molecule has 0 aromatic carbocycles. The normalized spacial score (nSPS) is 12.5. The fourth-order valence-corrected chi connectivity index (χ4v) is 4.08. The molecule has 0 radical (unpaired) electrons. The molecule has 43 heavy (non-hydrogen) atoms. The summed E-state index contributed by atoms with van der Waals surface area (Å²) in [4.78, 5) is 45.8. The number of carbonyl (C=O) groups is 3. The molecule has 3 aliphatic heterocycles. The largest absolute Gasteiger partial charge is 0.481 e. The van der Waals surface area contributed by atoms with Crippen LogP contribution in [0.5, 0.6) is 0 Å². The highest BCUT2D eigenvalue weighted by atomic mass is 16.4. The number of allylic oxidation sites excluding steroid dienone is 2. The maximum atomic E-state index is 9.00. The van der Waals surface area contributed by atoms with Crippen LogP contribution in [0.25, 0.3) is 51.9 Å². The minimum atomic E-state index is -0.833. The maximum absolute atomic E-state index is 9.00. The predicted octanol–water partition coefficient (Wildman–Crippen LogP) is 5.77. The molecule has 3 aliphatic rings. The van der Waals surface area contributed by atoms with Crippen molar-refractivity contribution in [2.24, 2.45) is 0 Å². The number of carboxylic acids is 3. The fraction of sp³-hybridized carbons (Fsp3) is 0.156. The molecule has 6 heterocycles. The first-order valence-electron chi connectivity index (χ1n) is 13.1. The molecule has 3 aromatic rings. The van der Waals surface area contributed by atoms with E-state index < -0.39 is 17.9 Å². The number of rotatable bonds is 1. The van der Waals surface area contributed by atoms with E-state index in [0.29, 0.717) is 0 Å². The molecule has 0 atom stereocenters. The third-order valence-electron chi connectivity index (χ3n) is 5.62. The summed E-state index contributed by atoms with van der Waals surface area (Å²) in [5.41, 5.74) is 10.1. The summed E-state index contributed by atoms with van der Waals surface area (Å²) in [5.74, 6) is -2.50. The SMILES string of the molecule is CC(=O)O.CC(=O)O.CC(=O)O.CN1C=CC(c2c3nc(cc4nc(cc5ccc(cc6ccc2[nH]6)[nH]5)C=C4)C=C3)=CC1. The van der Waals surface area contributed by atoms with Crippen LogP contribution in [0, 0.1) is 0 Å². The number of nitrogens with zero attached hydrogens (tertiary/aromatic N) is 3. The van der Waals surface area contributed by atoms with Gasteiger partial charge in [0, 0.05) is 62.0 Å². The van der Waals surface area contributed by atoms with Gasteiger partial charge in [-0.25, -0.2) is 9.97 Å². The second-order valence-electron chi connectivity index (χ2n) is 9.53. The number of H-pyrrole nitrogens is 2. The molecule has 0 amide bonds. The molecule has 11 heteroatoms. The van der Waals surface area contributed by atoms with Crippen LogP contribution in [-0.4, -0.2) is 71.7 Å². The van der Waals surface area contributed by atoms with E-state index >= 15 is 0 Å². The summed E-state index contributed by atoms with van der Waals surface area (Å²) >= 11 is 0. The molecule has 0 spiro atoms. The first-order valence-corrected chi connectivity index (χ1v) is 13.1. The van der Waals surface area contributed by atoms with Gasteiger partial charge in [-0.3, -0.25) is 14.4 Å². The molecule has 0 unspecified atom stereocenters. The number of hydrogen-bond donors (Lipinski definition) is 5. The Labute approximate surface area is 247 Å². The average molecular weight is 584 g/mol. The van der Waals surface area contributed by atoms with Crippen LogP contribution < -0.4 is 0 Å². The number of likely N-dealkylation sites (N-methyl/N-ethyl adjacent to an activating group) is 1. The van der Waals surface area contributed by atoms with Crippen LogP contribution in [0.2, 0.25) is 0 Å². The van der Waals surface area contributed by atoms with Gasteiger partial charge in [-0.15, -0.1) is 0 Å². The molecule has 0 saturated heterocycles. The van der Waals surface area contributed by atoms with Crippen LogP contribution >= 0.6 is 0 Å². The lowest BCUT2D eigenvalue weighted by atomic mass is 10.0. The molecule has 222 valence electrons. The lowest BCUT2D eigenvalue weighted by Gasteiger charge is -2.17. The lowest BCUT2D eigenvalue weighted by Crippen LogP contribution is -2.13. The van der Waals surface area contributed by atoms with E-state index in [9.17, 15) is 0 Å². The molecule has 0 aliphatic carbocycles. The maximum Gasteiger partial charge on any atom is 0.300 e. The molecule has 3 aromatic heterocycles. The summed E-state index contributed by atoms with van der Waals surface area (Å²) in [7, 11) is 2.08. The molecule has 8 bridgehead atoms. The number of aliphatic carboxylic acids is 3. The Bertz CT molecular complexity index is 1750. The summed E-state index contributed by atoms with van der Waals surface area (Å²) in [6.45, 7) is 4.12. The summed E-state index contributed by atoms with van der Waals surface area (Å²) in [6.07, 6.45) is 14.7. The van der Waals surface area contributed by atoms with Crippen LogP contribution in [0.4, 0.5) is 0 Å². The van der Waals surface area contributed by atoms with Crippen LogP contribution in [-0.2, 0) is 14.4 Å². The van der Waals surface area contributed by atoms with Crippen molar-refractivity contribution in [1.82, 2.24) is 24.8 Å². The van der Waals surface area contributed by atoms with Gasteiger partial charge in [0.05, 0.1) is 22.8 Å². The number of aromatic nitrogens is 4. The van der Waals surface area contributed by atoms with Gasteiger partial charge in [0.25, 0.3) is 17.9 Å². The average Bonchev–Trinajstić information content (AvgIpc) is 3.70. The van der Waals surface area contributed by atoms with E-state index in [1.807, 2.05) is 18.2 Å². The van der Waals surface area contributed by atoms with Crippen molar-refractivity contribution in [2.75, 3.05) is 13.6 Å². The molecule has 6 rings (SSSR count). The molecule has 11 nitrogen and oxygen atoms in total. The summed E-state index contributed by atoms with van der Waals surface area (Å²) in [5, 5.41) is 22.2. The smallest absolute Gasteiger partial charge is 0.300 e. The quantitative estimate of drug-likeness (QED) is 0.164. The van der Waals surface area contributed by atoms with Crippen molar-refractivity contribution in [3.8, 4) is 0 Å². The highest BCUT2D eigenvalue weighted by Crippen LogP contribution is 2.29. The summed E-state index contributed by atoms with van der Waals surface area (Å²) in [6, 6.07) is 14.6. The van der Waals surface area contributed by atoms with Crippen molar-refractivity contribution in [3.63, 3.8) is 0 Å². The second-order valence-corrected chi connectivity index (χ2v) is 9.53. The third-order valence-corrected chi connectivity index (χ3v) is 5.62. The molecule has 0 saturated carbocycles. The lowest BCUT2D eigenvalue weighted by molar-refractivity contribution is -0.135. The molecule has 5 N–H and O–H groups in total. The van der Waals surface area contributed by atoms with E-state index in [0.717, 1.165) is 77.7 Å². The summed E-state index contributed by atoms with van der Waals surface area (Å²) < 4.78 is 0. The Hall–Kier alpha value is -5.71. The predicted molar refractivity (Wildman–Crippen MR) is 169 cm³/mol. The molecular formula is C32H33N5O6. The van der Waals surface area contributed by atoms with E-state index in [-0.39, 0.29) is 0 Å². The van der Waals surface area contributed by atoms with Crippen LogP contribution in [0.3, 0.4) is 0 Å². The van der Waals surface area contributed by atoms with Crippen LogP contribution in [0.1, 0.15) is 49.1 Å². The number of hydrogen-bond acceptors (Lipinski definition) is 6. The topological polar surface area (TPSA) is 172 Å².